The molecular weight excluding hydrogens is 270 g/mol. The van der Waals surface area contributed by atoms with E-state index in [2.05, 4.69) is 4.85 Å². The van der Waals surface area contributed by atoms with Crippen LogP contribution in [0.25, 0.3) is 4.85 Å². The second-order valence-electron chi connectivity index (χ2n) is 4.03. The van der Waals surface area contributed by atoms with Crippen molar-refractivity contribution in [2.45, 2.75) is 9.77 Å². The van der Waals surface area contributed by atoms with Crippen molar-refractivity contribution < 1.29 is 9.53 Å². The fourth-order valence-corrected chi connectivity index (χ4v) is 2.91. The highest BCUT2D eigenvalue weighted by Gasteiger charge is 2.50. The minimum absolute atomic E-state index is 0.562. The number of carbonyl (C=O) groups is 1. The topological polar surface area (TPSA) is 30.7 Å². The number of rotatable bonds is 4. The molecule has 0 aliphatic rings. The van der Waals surface area contributed by atoms with E-state index in [9.17, 15) is 4.79 Å². The van der Waals surface area contributed by atoms with Gasteiger partial charge in [-0.2, -0.15) is 0 Å². The maximum absolute atomic E-state index is 12.2. The molecule has 0 aliphatic carbocycles. The Kier molecular flexibility index (Phi) is 4.44. The zero-order valence-corrected chi connectivity index (χ0v) is 11.8. The molecule has 0 aliphatic heterocycles. The van der Waals surface area contributed by atoms with E-state index >= 15 is 0 Å². The van der Waals surface area contributed by atoms with Gasteiger partial charge in [0.1, 0.15) is 0 Å². The normalized spacial score (nSPS) is 13.0. The number of nitrogens with zero attached hydrogens (tertiary/aromatic N) is 1. The molecular formula is C16H13NO2S. The van der Waals surface area contributed by atoms with Crippen LogP contribution in [-0.4, -0.2) is 13.1 Å². The zero-order valence-electron chi connectivity index (χ0n) is 10.9. The van der Waals surface area contributed by atoms with Gasteiger partial charge in [0.25, 0.3) is 0 Å². The zero-order chi connectivity index (χ0) is 14.4. The molecule has 2 aromatic carbocycles. The van der Waals surface area contributed by atoms with Gasteiger partial charge in [0.15, 0.2) is 0 Å². The Hall–Kier alpha value is -2.25. The average Bonchev–Trinajstić information content (AvgIpc) is 2.53. The van der Waals surface area contributed by atoms with Gasteiger partial charge in [-0.05, 0) is 36.0 Å². The van der Waals surface area contributed by atoms with Gasteiger partial charge in [0.05, 0.1) is 12.7 Å². The predicted molar refractivity (Wildman–Crippen MR) is 79.0 cm³/mol. The number of thioether (sulfide) groups is 1. The number of carbonyl (C=O) groups excluding carboxylic acids is 1. The van der Waals surface area contributed by atoms with Crippen molar-refractivity contribution in [3.8, 4) is 0 Å². The van der Waals surface area contributed by atoms with Crippen molar-refractivity contribution in [1.82, 2.24) is 0 Å². The molecule has 2 aromatic rings. The van der Waals surface area contributed by atoms with E-state index in [4.69, 9.17) is 11.3 Å². The van der Waals surface area contributed by atoms with Crippen LogP contribution >= 0.6 is 11.8 Å². The van der Waals surface area contributed by atoms with E-state index in [0.29, 0.717) is 5.56 Å². The summed E-state index contributed by atoms with van der Waals surface area (Å²) in [6.45, 7) is 7.53. The third-order valence-corrected chi connectivity index (χ3v) is 4.09. The van der Waals surface area contributed by atoms with Gasteiger partial charge in [-0.15, -0.1) is 0 Å². The number of methoxy groups -OCH3 is 1. The van der Waals surface area contributed by atoms with E-state index < -0.39 is 10.8 Å². The Bertz CT molecular complexity index is 622. The molecule has 0 bridgehead atoms. The third-order valence-electron chi connectivity index (χ3n) is 2.79. The lowest BCUT2D eigenvalue weighted by atomic mass is 10.1. The summed E-state index contributed by atoms with van der Waals surface area (Å²) < 4.78 is 4.86. The van der Waals surface area contributed by atoms with Crippen molar-refractivity contribution >= 4 is 17.7 Å². The molecule has 0 saturated carbocycles. The molecule has 20 heavy (non-hydrogen) atoms. The van der Waals surface area contributed by atoms with Crippen LogP contribution in [0, 0.1) is 6.57 Å². The highest BCUT2D eigenvalue weighted by molar-refractivity contribution is 8.01. The second kappa shape index (κ2) is 6.27. The molecule has 0 aromatic heterocycles. The van der Waals surface area contributed by atoms with Gasteiger partial charge in [-0.25, -0.2) is 11.4 Å². The van der Waals surface area contributed by atoms with Gasteiger partial charge < -0.3 is 4.74 Å². The van der Waals surface area contributed by atoms with Crippen LogP contribution < -0.4 is 0 Å². The molecule has 4 heteroatoms. The number of hydrogen-bond donors (Lipinski definition) is 0. The van der Waals surface area contributed by atoms with Gasteiger partial charge in [0.2, 0.25) is 0 Å². The summed E-state index contributed by atoms with van der Waals surface area (Å²) in [5, 5.41) is 0. The summed E-state index contributed by atoms with van der Waals surface area (Å²) in [5.74, 6) is -0.562. The SMILES string of the molecule is [C-]#[N+]C(Sc1ccccc1)(C(=O)OC)c1ccccc1. The van der Waals surface area contributed by atoms with E-state index in [-0.39, 0.29) is 0 Å². The summed E-state index contributed by atoms with van der Waals surface area (Å²) in [6.07, 6.45) is 0. The molecule has 1 unspecified atom stereocenters. The lowest BCUT2D eigenvalue weighted by Crippen LogP contribution is -2.30. The lowest BCUT2D eigenvalue weighted by Gasteiger charge is -2.18. The summed E-state index contributed by atoms with van der Waals surface area (Å²) in [4.78, 5) is 15.2. The minimum atomic E-state index is -1.41. The van der Waals surface area contributed by atoms with E-state index in [1.807, 2.05) is 48.5 Å². The molecule has 1 atom stereocenters. The predicted octanol–water partition coefficient (Wildman–Crippen LogP) is 3.72. The monoisotopic (exact) mass is 283 g/mol. The Morgan fingerprint density at radius 2 is 1.65 bits per heavy atom. The first kappa shape index (κ1) is 14.2. The second-order valence-corrected chi connectivity index (χ2v) is 5.29. The first-order valence-corrected chi connectivity index (χ1v) is 6.81. The Morgan fingerprint density at radius 1 is 1.10 bits per heavy atom. The van der Waals surface area contributed by atoms with Crippen molar-refractivity contribution in [3.63, 3.8) is 0 Å². The van der Waals surface area contributed by atoms with Gasteiger partial charge in [-0.1, -0.05) is 36.4 Å². The molecule has 0 fully saturated rings. The largest absolute Gasteiger partial charge is 0.462 e. The average molecular weight is 283 g/mol. The summed E-state index contributed by atoms with van der Waals surface area (Å²) in [6, 6.07) is 18.4. The van der Waals surface area contributed by atoms with Gasteiger partial charge in [-0.3, -0.25) is 4.85 Å². The highest BCUT2D eigenvalue weighted by Crippen LogP contribution is 2.43. The van der Waals surface area contributed by atoms with Crippen LogP contribution in [0.5, 0.6) is 0 Å². The van der Waals surface area contributed by atoms with Crippen molar-refractivity contribution in [3.05, 3.63) is 77.6 Å². The van der Waals surface area contributed by atoms with E-state index in [1.54, 1.807) is 12.1 Å². The van der Waals surface area contributed by atoms with Crippen LogP contribution in [0.3, 0.4) is 0 Å². The van der Waals surface area contributed by atoms with Crippen molar-refractivity contribution in [2.24, 2.45) is 0 Å². The third kappa shape index (κ3) is 2.68. The number of hydrogen-bond acceptors (Lipinski definition) is 3. The maximum Gasteiger partial charge on any atom is 0.410 e. The standard InChI is InChI=1S/C16H13NO2S/c1-17-16(15(18)19-2,13-9-5-3-6-10-13)20-14-11-7-4-8-12-14/h3-12H,2H3. The number of benzene rings is 2. The Balaban J connectivity index is 2.50. The Labute approximate surface area is 122 Å². The van der Waals surface area contributed by atoms with E-state index in [1.165, 1.54) is 18.9 Å². The van der Waals surface area contributed by atoms with Crippen LogP contribution in [0.1, 0.15) is 5.56 Å². The number of ether oxygens (including phenoxy) is 1. The fraction of sp³-hybridized carbons (Fsp3) is 0.125. The lowest BCUT2D eigenvalue weighted by molar-refractivity contribution is -0.142. The molecule has 0 spiro atoms. The maximum atomic E-state index is 12.2. The molecule has 0 saturated heterocycles. The molecule has 0 amide bonds. The molecule has 100 valence electrons. The number of esters is 1. The summed E-state index contributed by atoms with van der Waals surface area (Å²) in [5.41, 5.74) is 0.621. The summed E-state index contributed by atoms with van der Waals surface area (Å²) >= 11 is 1.19. The van der Waals surface area contributed by atoms with Gasteiger partial charge in [0, 0.05) is 4.90 Å². The molecule has 2 rings (SSSR count). The molecule has 0 heterocycles. The quantitative estimate of drug-likeness (QED) is 0.487. The smallest absolute Gasteiger partial charge is 0.410 e. The van der Waals surface area contributed by atoms with Crippen LogP contribution in [0.15, 0.2) is 65.6 Å². The molecule has 0 radical (unpaired) electrons. The van der Waals surface area contributed by atoms with Crippen molar-refractivity contribution in [1.29, 1.82) is 0 Å². The van der Waals surface area contributed by atoms with Crippen LogP contribution in [0.4, 0.5) is 0 Å². The highest BCUT2D eigenvalue weighted by atomic mass is 32.2. The molecule has 0 N–H and O–H groups in total. The van der Waals surface area contributed by atoms with Crippen molar-refractivity contribution in [2.75, 3.05) is 7.11 Å². The minimum Gasteiger partial charge on any atom is -0.462 e. The van der Waals surface area contributed by atoms with E-state index in [0.717, 1.165) is 4.90 Å². The molecule has 3 nitrogen and oxygen atoms in total. The van der Waals surface area contributed by atoms with Gasteiger partial charge >= 0.3 is 10.8 Å². The summed E-state index contributed by atoms with van der Waals surface area (Å²) in [7, 11) is 1.30. The first-order chi connectivity index (χ1) is 9.73. The fourth-order valence-electron chi connectivity index (χ4n) is 1.81. The van der Waals surface area contributed by atoms with Crippen LogP contribution in [-0.2, 0) is 14.4 Å². The van der Waals surface area contributed by atoms with Crippen LogP contribution in [0.2, 0.25) is 0 Å². The first-order valence-electron chi connectivity index (χ1n) is 5.99. The Morgan fingerprint density at radius 3 is 2.15 bits per heavy atom.